The maximum atomic E-state index is 12.4. The normalized spacial score (nSPS) is 12.2. The summed E-state index contributed by atoms with van der Waals surface area (Å²) in [6, 6.07) is 1.70. The van der Waals surface area contributed by atoms with Gasteiger partial charge in [-0.15, -0.1) is 11.3 Å². The zero-order valence-electron chi connectivity index (χ0n) is 9.96. The Kier molecular flexibility index (Phi) is 3.93. The van der Waals surface area contributed by atoms with Crippen molar-refractivity contribution in [1.29, 1.82) is 0 Å². The Bertz CT molecular complexity index is 643. The van der Waals surface area contributed by atoms with E-state index in [4.69, 9.17) is 5.11 Å². The molecule has 4 nitrogen and oxygen atoms in total. The summed E-state index contributed by atoms with van der Waals surface area (Å²) in [6.07, 6.45) is -0.345. The number of aromatic nitrogens is 2. The Morgan fingerprint density at radius 3 is 2.85 bits per heavy atom. The number of carboxylic acids is 1. The maximum absolute atomic E-state index is 12.4. The molecule has 0 radical (unpaired) electrons. The van der Waals surface area contributed by atoms with Crippen LogP contribution in [-0.2, 0) is 17.5 Å². The first kappa shape index (κ1) is 14.3. The summed E-state index contributed by atoms with van der Waals surface area (Å²) in [4.78, 5) is 11.2. The number of carbonyl (C=O) groups is 1. The fourth-order valence-electron chi connectivity index (χ4n) is 1.53. The summed E-state index contributed by atoms with van der Waals surface area (Å²) in [5.41, 5.74) is -0.154. The van der Waals surface area contributed by atoms with Crippen LogP contribution >= 0.6 is 11.3 Å². The number of halogens is 3. The summed E-state index contributed by atoms with van der Waals surface area (Å²) in [5, 5.41) is 14.0. The van der Waals surface area contributed by atoms with E-state index >= 15 is 0 Å². The van der Waals surface area contributed by atoms with Gasteiger partial charge in [0.25, 0.3) is 0 Å². The minimum atomic E-state index is -4.42. The van der Waals surface area contributed by atoms with Crippen molar-refractivity contribution in [2.45, 2.75) is 12.7 Å². The quantitative estimate of drug-likeness (QED) is 0.883. The van der Waals surface area contributed by atoms with Gasteiger partial charge in [0, 0.05) is 17.2 Å². The Labute approximate surface area is 115 Å². The SMILES string of the molecule is O=C(O)C=Cc1ccsc1Cn1cc(C(F)(F)F)cn1. The topological polar surface area (TPSA) is 55.1 Å². The number of rotatable bonds is 4. The van der Waals surface area contributed by atoms with Gasteiger partial charge < -0.3 is 5.11 Å². The van der Waals surface area contributed by atoms with Crippen molar-refractivity contribution < 1.29 is 23.1 Å². The van der Waals surface area contributed by atoms with Gasteiger partial charge in [-0.1, -0.05) is 0 Å². The van der Waals surface area contributed by atoms with Crippen LogP contribution in [0.15, 0.2) is 29.9 Å². The van der Waals surface area contributed by atoms with Crippen molar-refractivity contribution in [3.63, 3.8) is 0 Å². The Balaban J connectivity index is 2.17. The molecule has 20 heavy (non-hydrogen) atoms. The molecule has 0 spiro atoms. The van der Waals surface area contributed by atoms with Gasteiger partial charge in [-0.3, -0.25) is 4.68 Å². The highest BCUT2D eigenvalue weighted by Crippen LogP contribution is 2.29. The monoisotopic (exact) mass is 302 g/mol. The Morgan fingerprint density at radius 2 is 2.25 bits per heavy atom. The fraction of sp³-hybridized carbons (Fsp3) is 0.167. The number of carboxylic acid groups (broad SMARTS) is 1. The van der Waals surface area contributed by atoms with Gasteiger partial charge >= 0.3 is 12.1 Å². The molecular weight excluding hydrogens is 293 g/mol. The lowest BCUT2D eigenvalue weighted by molar-refractivity contribution is -0.137. The molecule has 0 saturated heterocycles. The van der Waals surface area contributed by atoms with Gasteiger partial charge in [0.1, 0.15) is 0 Å². The lowest BCUT2D eigenvalue weighted by Crippen LogP contribution is -2.03. The van der Waals surface area contributed by atoms with E-state index in [9.17, 15) is 18.0 Å². The van der Waals surface area contributed by atoms with E-state index in [0.717, 1.165) is 23.3 Å². The summed E-state index contributed by atoms with van der Waals surface area (Å²) in [7, 11) is 0. The molecule has 2 aromatic heterocycles. The predicted octanol–water partition coefficient (Wildman–Crippen LogP) is 3.11. The molecule has 2 aromatic rings. The summed E-state index contributed by atoms with van der Waals surface area (Å²) in [5.74, 6) is -1.08. The largest absolute Gasteiger partial charge is 0.478 e. The number of aliphatic carboxylic acids is 1. The lowest BCUT2D eigenvalue weighted by atomic mass is 10.2. The highest BCUT2D eigenvalue weighted by atomic mass is 32.1. The second-order valence-electron chi connectivity index (χ2n) is 3.90. The summed E-state index contributed by atoms with van der Waals surface area (Å²) >= 11 is 1.33. The molecule has 8 heteroatoms. The van der Waals surface area contributed by atoms with E-state index in [0.29, 0.717) is 5.56 Å². The Hall–Kier alpha value is -2.09. The van der Waals surface area contributed by atoms with Crippen LogP contribution in [0.5, 0.6) is 0 Å². The van der Waals surface area contributed by atoms with Crippen molar-refractivity contribution in [3.05, 3.63) is 45.9 Å². The predicted molar refractivity (Wildman–Crippen MR) is 67.3 cm³/mol. The molecule has 0 aliphatic heterocycles. The van der Waals surface area contributed by atoms with E-state index in [1.54, 1.807) is 11.4 Å². The first-order valence-corrected chi connectivity index (χ1v) is 6.31. The van der Waals surface area contributed by atoms with Gasteiger partial charge in [0.2, 0.25) is 0 Å². The first-order chi connectivity index (χ1) is 9.36. The lowest BCUT2D eigenvalue weighted by Gasteiger charge is -2.02. The molecule has 0 aromatic carbocycles. The number of hydrogen-bond acceptors (Lipinski definition) is 3. The average molecular weight is 302 g/mol. The van der Waals surface area contributed by atoms with E-state index < -0.39 is 17.7 Å². The second-order valence-corrected chi connectivity index (χ2v) is 4.90. The van der Waals surface area contributed by atoms with Crippen molar-refractivity contribution >= 4 is 23.4 Å². The van der Waals surface area contributed by atoms with E-state index in [2.05, 4.69) is 5.10 Å². The molecule has 2 heterocycles. The van der Waals surface area contributed by atoms with Crippen LogP contribution in [0.2, 0.25) is 0 Å². The minimum Gasteiger partial charge on any atom is -0.478 e. The highest BCUT2D eigenvalue weighted by Gasteiger charge is 2.32. The molecule has 0 aliphatic carbocycles. The third-order valence-corrected chi connectivity index (χ3v) is 3.37. The number of nitrogens with zero attached hydrogens (tertiary/aromatic N) is 2. The first-order valence-electron chi connectivity index (χ1n) is 5.43. The third-order valence-electron chi connectivity index (χ3n) is 2.45. The summed E-state index contributed by atoms with van der Waals surface area (Å²) < 4.78 is 38.5. The van der Waals surface area contributed by atoms with E-state index in [1.165, 1.54) is 22.1 Å². The smallest absolute Gasteiger partial charge is 0.419 e. The van der Waals surface area contributed by atoms with Gasteiger partial charge in [0.05, 0.1) is 18.3 Å². The molecule has 0 amide bonds. The molecule has 0 atom stereocenters. The van der Waals surface area contributed by atoms with Crippen molar-refractivity contribution in [2.75, 3.05) is 0 Å². The number of alkyl halides is 3. The molecule has 0 saturated carbocycles. The minimum absolute atomic E-state index is 0.160. The van der Waals surface area contributed by atoms with Crippen LogP contribution < -0.4 is 0 Å². The number of thiophene rings is 1. The molecular formula is C12H9F3N2O2S. The van der Waals surface area contributed by atoms with Crippen LogP contribution in [0.1, 0.15) is 16.0 Å². The van der Waals surface area contributed by atoms with E-state index in [-0.39, 0.29) is 6.54 Å². The summed E-state index contributed by atoms with van der Waals surface area (Å²) in [6.45, 7) is 0.160. The molecule has 106 valence electrons. The zero-order chi connectivity index (χ0) is 14.8. The number of hydrogen-bond donors (Lipinski definition) is 1. The third kappa shape index (κ3) is 3.47. The van der Waals surface area contributed by atoms with Crippen LogP contribution in [0.25, 0.3) is 6.08 Å². The zero-order valence-corrected chi connectivity index (χ0v) is 10.8. The van der Waals surface area contributed by atoms with Gasteiger partial charge in [-0.2, -0.15) is 18.3 Å². The Morgan fingerprint density at radius 1 is 1.50 bits per heavy atom. The second kappa shape index (κ2) is 5.49. The van der Waals surface area contributed by atoms with Crippen LogP contribution in [0, 0.1) is 0 Å². The molecule has 2 rings (SSSR count). The van der Waals surface area contributed by atoms with Crippen molar-refractivity contribution in [2.24, 2.45) is 0 Å². The highest BCUT2D eigenvalue weighted by molar-refractivity contribution is 7.10. The molecule has 0 aliphatic rings. The molecule has 0 bridgehead atoms. The standard InChI is InChI=1S/C12H9F3N2O2S/c13-12(14,15)9-5-16-17(6-9)7-10-8(3-4-20-10)1-2-11(18)19/h1-6H,7H2,(H,18,19). The van der Waals surface area contributed by atoms with E-state index in [1.807, 2.05) is 0 Å². The van der Waals surface area contributed by atoms with Crippen LogP contribution in [0.3, 0.4) is 0 Å². The van der Waals surface area contributed by atoms with Crippen LogP contribution in [-0.4, -0.2) is 20.9 Å². The van der Waals surface area contributed by atoms with Gasteiger partial charge in [0.15, 0.2) is 0 Å². The maximum Gasteiger partial charge on any atom is 0.419 e. The van der Waals surface area contributed by atoms with Crippen molar-refractivity contribution in [3.8, 4) is 0 Å². The average Bonchev–Trinajstić information content (AvgIpc) is 2.95. The molecule has 0 fully saturated rings. The molecule has 1 N–H and O–H groups in total. The van der Waals surface area contributed by atoms with Gasteiger partial charge in [-0.05, 0) is 23.1 Å². The van der Waals surface area contributed by atoms with Crippen LogP contribution in [0.4, 0.5) is 13.2 Å². The van der Waals surface area contributed by atoms with Gasteiger partial charge in [-0.25, -0.2) is 4.79 Å². The fourth-order valence-corrected chi connectivity index (χ4v) is 2.39. The van der Waals surface area contributed by atoms with Crippen molar-refractivity contribution in [1.82, 2.24) is 9.78 Å². The molecule has 0 unspecified atom stereocenters.